The summed E-state index contributed by atoms with van der Waals surface area (Å²) in [5.74, 6) is 0.291. The molecule has 0 spiro atoms. The number of nitrogens with zero attached hydrogens (tertiary/aromatic N) is 1. The zero-order chi connectivity index (χ0) is 17.5. The average molecular weight is 359 g/mol. The summed E-state index contributed by atoms with van der Waals surface area (Å²) >= 11 is 1.60. The van der Waals surface area contributed by atoms with Gasteiger partial charge in [-0.3, -0.25) is 4.79 Å². The topological polar surface area (TPSA) is 67.2 Å². The van der Waals surface area contributed by atoms with E-state index in [0.717, 1.165) is 10.4 Å². The van der Waals surface area contributed by atoms with Crippen molar-refractivity contribution < 1.29 is 13.6 Å². The number of benzene rings is 1. The van der Waals surface area contributed by atoms with Gasteiger partial charge in [-0.25, -0.2) is 9.37 Å². The molecule has 0 bridgehead atoms. The number of amides is 1. The van der Waals surface area contributed by atoms with Gasteiger partial charge in [-0.15, -0.1) is 11.3 Å². The fourth-order valence-corrected chi connectivity index (χ4v) is 3.06. The molecule has 1 unspecified atom stereocenters. The predicted octanol–water partition coefficient (Wildman–Crippen LogP) is 3.41. The van der Waals surface area contributed by atoms with Crippen LogP contribution in [0, 0.1) is 5.82 Å². The first kappa shape index (κ1) is 17.3. The Kier molecular flexibility index (Phi) is 5.92. The van der Waals surface area contributed by atoms with Gasteiger partial charge in [0.1, 0.15) is 11.6 Å². The molecule has 3 rings (SSSR count). The van der Waals surface area contributed by atoms with Crippen molar-refractivity contribution in [2.24, 2.45) is 0 Å². The van der Waals surface area contributed by atoms with Crippen LogP contribution >= 0.6 is 11.3 Å². The van der Waals surface area contributed by atoms with E-state index in [1.165, 1.54) is 18.5 Å². The van der Waals surface area contributed by atoms with E-state index in [1.54, 1.807) is 29.7 Å². The molecule has 5 nitrogen and oxygen atoms in total. The highest BCUT2D eigenvalue weighted by Gasteiger charge is 2.16. The van der Waals surface area contributed by atoms with E-state index in [4.69, 9.17) is 4.42 Å². The van der Waals surface area contributed by atoms with Crippen LogP contribution in [-0.2, 0) is 17.9 Å². The monoisotopic (exact) mass is 359 g/mol. The van der Waals surface area contributed by atoms with Gasteiger partial charge in [0.15, 0.2) is 6.39 Å². The van der Waals surface area contributed by atoms with Crippen LogP contribution in [-0.4, -0.2) is 10.9 Å². The Balaban J connectivity index is 1.62. The molecule has 1 atom stereocenters. The number of aromatic nitrogens is 1. The molecular weight excluding hydrogens is 341 g/mol. The second-order valence-electron chi connectivity index (χ2n) is 5.51. The SMILES string of the molecule is O=C(CC(NCc1cnco1)c1ccc(F)cc1)NCc1cccs1. The van der Waals surface area contributed by atoms with Crippen LogP contribution in [0.25, 0.3) is 0 Å². The van der Waals surface area contributed by atoms with Gasteiger partial charge in [0.2, 0.25) is 5.91 Å². The summed E-state index contributed by atoms with van der Waals surface area (Å²) in [7, 11) is 0. The fourth-order valence-electron chi connectivity index (χ4n) is 2.41. The van der Waals surface area contributed by atoms with Crippen LogP contribution in [0.3, 0.4) is 0 Å². The second kappa shape index (κ2) is 8.55. The third-order valence-electron chi connectivity index (χ3n) is 3.71. The minimum absolute atomic E-state index is 0.0761. The van der Waals surface area contributed by atoms with Crippen LogP contribution < -0.4 is 10.6 Å². The van der Waals surface area contributed by atoms with E-state index < -0.39 is 0 Å². The maximum absolute atomic E-state index is 13.2. The zero-order valence-electron chi connectivity index (χ0n) is 13.4. The van der Waals surface area contributed by atoms with Gasteiger partial charge in [-0.2, -0.15) is 0 Å². The van der Waals surface area contributed by atoms with E-state index in [9.17, 15) is 9.18 Å². The number of thiophene rings is 1. The summed E-state index contributed by atoms with van der Waals surface area (Å²) in [6, 6.07) is 9.81. The largest absolute Gasteiger partial charge is 0.447 e. The highest BCUT2D eigenvalue weighted by molar-refractivity contribution is 7.09. The number of hydrogen-bond donors (Lipinski definition) is 2. The lowest BCUT2D eigenvalue weighted by Gasteiger charge is -2.18. The molecule has 1 aromatic carbocycles. The minimum Gasteiger partial charge on any atom is -0.447 e. The van der Waals surface area contributed by atoms with Crippen molar-refractivity contribution in [3.8, 4) is 0 Å². The second-order valence-corrected chi connectivity index (χ2v) is 6.55. The lowest BCUT2D eigenvalue weighted by atomic mass is 10.0. The number of oxazole rings is 1. The van der Waals surface area contributed by atoms with E-state index in [2.05, 4.69) is 15.6 Å². The molecule has 130 valence electrons. The van der Waals surface area contributed by atoms with E-state index in [0.29, 0.717) is 18.8 Å². The lowest BCUT2D eigenvalue weighted by molar-refractivity contribution is -0.121. The molecule has 2 aromatic heterocycles. The smallest absolute Gasteiger partial charge is 0.222 e. The molecule has 25 heavy (non-hydrogen) atoms. The molecule has 0 aliphatic rings. The van der Waals surface area contributed by atoms with Crippen LogP contribution in [0.4, 0.5) is 4.39 Å². The first-order valence-corrected chi connectivity index (χ1v) is 8.74. The Hall–Kier alpha value is -2.51. The number of hydrogen-bond acceptors (Lipinski definition) is 5. The van der Waals surface area contributed by atoms with Crippen molar-refractivity contribution in [1.82, 2.24) is 15.6 Å². The van der Waals surface area contributed by atoms with E-state index >= 15 is 0 Å². The molecular formula is C18H18FN3O2S. The number of nitrogens with one attached hydrogen (secondary N) is 2. The Bertz CT molecular complexity index is 773. The van der Waals surface area contributed by atoms with E-state index in [1.807, 2.05) is 17.5 Å². The summed E-state index contributed by atoms with van der Waals surface area (Å²) in [4.78, 5) is 17.3. The highest BCUT2D eigenvalue weighted by Crippen LogP contribution is 2.18. The molecule has 0 aliphatic heterocycles. The van der Waals surface area contributed by atoms with Crippen molar-refractivity contribution >= 4 is 17.2 Å². The summed E-state index contributed by atoms with van der Waals surface area (Å²) < 4.78 is 18.4. The Morgan fingerprint density at radius 1 is 1.24 bits per heavy atom. The molecule has 0 fully saturated rings. The van der Waals surface area contributed by atoms with E-state index in [-0.39, 0.29) is 24.2 Å². The quantitative estimate of drug-likeness (QED) is 0.647. The molecule has 3 aromatic rings. The van der Waals surface area contributed by atoms with Gasteiger partial charge in [0, 0.05) is 17.3 Å². The third kappa shape index (κ3) is 5.23. The molecule has 2 heterocycles. The number of halogens is 1. The minimum atomic E-state index is -0.306. The molecule has 0 radical (unpaired) electrons. The van der Waals surface area contributed by atoms with Crippen molar-refractivity contribution in [3.63, 3.8) is 0 Å². The highest BCUT2D eigenvalue weighted by atomic mass is 32.1. The normalized spacial score (nSPS) is 12.0. The van der Waals surface area contributed by atoms with Crippen molar-refractivity contribution in [2.75, 3.05) is 0 Å². The maximum atomic E-state index is 13.2. The standard InChI is InChI=1S/C18H18FN3O2S/c19-14-5-3-13(4-6-14)17(21-10-15-9-20-12-24-15)8-18(23)22-11-16-2-1-7-25-16/h1-7,9,12,17,21H,8,10-11H2,(H,22,23). The van der Waals surface area contributed by atoms with Crippen molar-refractivity contribution in [2.45, 2.75) is 25.6 Å². The summed E-state index contributed by atoms with van der Waals surface area (Å²) in [6.45, 7) is 0.939. The maximum Gasteiger partial charge on any atom is 0.222 e. The first-order valence-electron chi connectivity index (χ1n) is 7.86. The molecule has 7 heteroatoms. The number of carbonyl (C=O) groups is 1. The molecule has 0 aliphatic carbocycles. The van der Waals surface area contributed by atoms with Gasteiger partial charge in [-0.1, -0.05) is 18.2 Å². The molecule has 0 saturated heterocycles. The Morgan fingerprint density at radius 2 is 2.08 bits per heavy atom. The summed E-state index contributed by atoms with van der Waals surface area (Å²) in [6.07, 6.45) is 3.22. The van der Waals surface area contributed by atoms with Gasteiger partial charge < -0.3 is 15.1 Å². The van der Waals surface area contributed by atoms with Gasteiger partial charge in [-0.05, 0) is 29.1 Å². The van der Waals surface area contributed by atoms with Crippen LogP contribution in [0.1, 0.15) is 28.7 Å². The molecule has 2 N–H and O–H groups in total. The summed E-state index contributed by atoms with van der Waals surface area (Å²) in [5.41, 5.74) is 0.840. The Morgan fingerprint density at radius 3 is 2.76 bits per heavy atom. The van der Waals surface area contributed by atoms with Crippen molar-refractivity contribution in [1.29, 1.82) is 0 Å². The first-order chi connectivity index (χ1) is 12.2. The fraction of sp³-hybridized carbons (Fsp3) is 0.222. The zero-order valence-corrected chi connectivity index (χ0v) is 14.3. The van der Waals surface area contributed by atoms with Crippen molar-refractivity contribution in [3.05, 3.63) is 76.4 Å². The summed E-state index contributed by atoms with van der Waals surface area (Å²) in [5, 5.41) is 8.15. The Labute approximate surface area is 148 Å². The van der Waals surface area contributed by atoms with Crippen LogP contribution in [0.15, 0.2) is 58.8 Å². The molecule has 1 amide bonds. The van der Waals surface area contributed by atoms with Gasteiger partial charge in [0.05, 0.1) is 19.3 Å². The van der Waals surface area contributed by atoms with Crippen LogP contribution in [0.2, 0.25) is 0 Å². The average Bonchev–Trinajstić information content (AvgIpc) is 3.31. The number of carbonyl (C=O) groups excluding carboxylic acids is 1. The van der Waals surface area contributed by atoms with Crippen LogP contribution in [0.5, 0.6) is 0 Å². The van der Waals surface area contributed by atoms with Gasteiger partial charge >= 0.3 is 0 Å². The lowest BCUT2D eigenvalue weighted by Crippen LogP contribution is -2.29. The predicted molar refractivity (Wildman–Crippen MR) is 93.3 cm³/mol. The molecule has 0 saturated carbocycles. The third-order valence-corrected chi connectivity index (χ3v) is 4.58. The van der Waals surface area contributed by atoms with Gasteiger partial charge in [0.25, 0.3) is 0 Å². The number of rotatable bonds is 8.